The van der Waals surface area contributed by atoms with Crippen LogP contribution in [0.15, 0.2) is 24.3 Å². The van der Waals surface area contributed by atoms with E-state index in [1.54, 1.807) is 11.3 Å². The zero-order chi connectivity index (χ0) is 17.1. The van der Waals surface area contributed by atoms with Crippen molar-refractivity contribution in [2.24, 2.45) is 0 Å². The molecule has 1 aromatic carbocycles. The van der Waals surface area contributed by atoms with Gasteiger partial charge in [-0.15, -0.1) is 11.3 Å². The first-order chi connectivity index (χ1) is 11.6. The van der Waals surface area contributed by atoms with E-state index in [4.69, 9.17) is 17.0 Å². The van der Waals surface area contributed by atoms with Gasteiger partial charge in [0.15, 0.2) is 5.11 Å². The number of esters is 1. The van der Waals surface area contributed by atoms with Crippen LogP contribution in [0.5, 0.6) is 0 Å². The largest absolute Gasteiger partial charge is 0.465 e. The molecule has 0 atom stereocenters. The molecule has 3 rings (SSSR count). The summed E-state index contributed by atoms with van der Waals surface area (Å²) in [6, 6.07) is 8.15. The van der Waals surface area contributed by atoms with Crippen molar-refractivity contribution in [2.75, 3.05) is 17.7 Å². The van der Waals surface area contributed by atoms with Crippen molar-refractivity contribution in [3.8, 4) is 0 Å². The van der Waals surface area contributed by atoms with Crippen LogP contribution in [-0.4, -0.2) is 18.2 Å². The van der Waals surface area contributed by atoms with Crippen LogP contribution in [0, 0.1) is 0 Å². The molecule has 4 nitrogen and oxygen atoms in total. The first-order valence-corrected chi connectivity index (χ1v) is 9.24. The summed E-state index contributed by atoms with van der Waals surface area (Å²) in [7, 11) is 1.41. The van der Waals surface area contributed by atoms with E-state index in [-0.39, 0.29) is 5.97 Å². The van der Waals surface area contributed by atoms with Gasteiger partial charge in [-0.3, -0.25) is 0 Å². The van der Waals surface area contributed by atoms with Gasteiger partial charge < -0.3 is 15.4 Å². The predicted molar refractivity (Wildman–Crippen MR) is 103 cm³/mol. The van der Waals surface area contributed by atoms with Crippen molar-refractivity contribution < 1.29 is 9.53 Å². The van der Waals surface area contributed by atoms with E-state index in [1.165, 1.54) is 17.6 Å². The van der Waals surface area contributed by atoms with Gasteiger partial charge in [-0.25, -0.2) is 4.79 Å². The number of carbonyl (C=O) groups excluding carboxylic acids is 1. The maximum Gasteiger partial charge on any atom is 0.341 e. The summed E-state index contributed by atoms with van der Waals surface area (Å²) in [6.07, 6.45) is 4.05. The number of thiophene rings is 1. The summed E-state index contributed by atoms with van der Waals surface area (Å²) in [4.78, 5) is 13.4. The lowest BCUT2D eigenvalue weighted by atomic mass is 10.1. The number of ether oxygens (including phenoxy) is 1. The van der Waals surface area contributed by atoms with Gasteiger partial charge in [0.2, 0.25) is 0 Å². The Labute approximate surface area is 151 Å². The molecule has 0 aliphatic heterocycles. The molecule has 0 saturated heterocycles. The Balaban J connectivity index is 1.75. The number of aryl methyl sites for hydroxylation is 2. The molecule has 2 aromatic rings. The Hall–Kier alpha value is -1.92. The summed E-state index contributed by atoms with van der Waals surface area (Å²) in [5, 5.41) is 7.58. The molecule has 0 spiro atoms. The molecule has 0 amide bonds. The number of rotatable bonds is 4. The van der Waals surface area contributed by atoms with Gasteiger partial charge in [0.1, 0.15) is 5.00 Å². The lowest BCUT2D eigenvalue weighted by molar-refractivity contribution is 0.0601. The van der Waals surface area contributed by atoms with Crippen LogP contribution in [0.3, 0.4) is 0 Å². The van der Waals surface area contributed by atoms with Crippen molar-refractivity contribution >= 4 is 45.3 Å². The Bertz CT molecular complexity index is 766. The van der Waals surface area contributed by atoms with E-state index in [2.05, 4.69) is 29.7 Å². The second-order valence-electron chi connectivity index (χ2n) is 5.68. The fourth-order valence-corrected chi connectivity index (χ4v) is 4.47. The normalized spacial score (nSPS) is 12.6. The minimum atomic E-state index is -0.299. The van der Waals surface area contributed by atoms with E-state index in [0.29, 0.717) is 10.7 Å². The zero-order valence-electron chi connectivity index (χ0n) is 13.8. The third kappa shape index (κ3) is 3.44. The van der Waals surface area contributed by atoms with Crippen LogP contribution in [0.1, 0.15) is 39.7 Å². The average molecular weight is 361 g/mol. The summed E-state index contributed by atoms with van der Waals surface area (Å²) in [6.45, 7) is 2.12. The lowest BCUT2D eigenvalue weighted by Gasteiger charge is -2.11. The highest BCUT2D eigenvalue weighted by Gasteiger charge is 2.27. The quantitative estimate of drug-likeness (QED) is 0.625. The third-order valence-electron chi connectivity index (χ3n) is 4.16. The van der Waals surface area contributed by atoms with Crippen molar-refractivity contribution in [1.29, 1.82) is 0 Å². The molecule has 2 N–H and O–H groups in total. The second kappa shape index (κ2) is 7.32. The molecule has 24 heavy (non-hydrogen) atoms. The van der Waals surface area contributed by atoms with Crippen LogP contribution in [-0.2, 0) is 24.0 Å². The van der Waals surface area contributed by atoms with Crippen LogP contribution in [0.4, 0.5) is 10.7 Å². The van der Waals surface area contributed by atoms with E-state index in [9.17, 15) is 4.79 Å². The van der Waals surface area contributed by atoms with E-state index in [1.807, 2.05) is 12.1 Å². The summed E-state index contributed by atoms with van der Waals surface area (Å²) in [5.41, 5.74) is 3.96. The number of thiocarbonyl (C=S) groups is 1. The van der Waals surface area contributed by atoms with Crippen LogP contribution in [0.25, 0.3) is 0 Å². The first-order valence-electron chi connectivity index (χ1n) is 8.02. The van der Waals surface area contributed by atoms with Crippen molar-refractivity contribution in [2.45, 2.75) is 32.6 Å². The average Bonchev–Trinajstić information content (AvgIpc) is 3.15. The van der Waals surface area contributed by atoms with Crippen LogP contribution >= 0.6 is 23.6 Å². The molecule has 126 valence electrons. The van der Waals surface area contributed by atoms with Crippen molar-refractivity contribution in [1.82, 2.24) is 0 Å². The Morgan fingerprint density at radius 3 is 2.67 bits per heavy atom. The second-order valence-corrected chi connectivity index (χ2v) is 7.20. The number of anilines is 2. The van der Waals surface area contributed by atoms with E-state index in [0.717, 1.165) is 41.9 Å². The van der Waals surface area contributed by atoms with E-state index < -0.39 is 0 Å². The third-order valence-corrected chi connectivity index (χ3v) is 5.57. The summed E-state index contributed by atoms with van der Waals surface area (Å²) in [5.74, 6) is -0.299. The molecule has 1 aliphatic rings. The maximum atomic E-state index is 12.1. The molecule has 0 radical (unpaired) electrons. The SMILES string of the molecule is CCc1ccc(NC(=S)Nc2sc3c(c2C(=O)OC)CCC3)cc1. The Morgan fingerprint density at radius 1 is 1.25 bits per heavy atom. The predicted octanol–water partition coefficient (Wildman–Crippen LogP) is 4.39. The van der Waals surface area contributed by atoms with Crippen molar-refractivity contribution in [3.63, 3.8) is 0 Å². The molecule has 1 aliphatic carbocycles. The topological polar surface area (TPSA) is 50.4 Å². The molecule has 0 fully saturated rings. The molecule has 1 aromatic heterocycles. The summed E-state index contributed by atoms with van der Waals surface area (Å²) < 4.78 is 4.95. The van der Waals surface area contributed by atoms with Gasteiger partial charge in [-0.05, 0) is 61.2 Å². The number of hydrogen-bond donors (Lipinski definition) is 2. The highest BCUT2D eigenvalue weighted by atomic mass is 32.1. The van der Waals surface area contributed by atoms with Crippen LogP contribution < -0.4 is 10.6 Å². The van der Waals surface area contributed by atoms with Gasteiger partial charge in [-0.2, -0.15) is 0 Å². The van der Waals surface area contributed by atoms with Gasteiger partial charge in [0, 0.05) is 10.6 Å². The Morgan fingerprint density at radius 2 is 2.00 bits per heavy atom. The molecular weight excluding hydrogens is 340 g/mol. The fraction of sp³-hybridized carbons (Fsp3) is 0.333. The van der Waals surface area contributed by atoms with Crippen LogP contribution in [0.2, 0.25) is 0 Å². The van der Waals surface area contributed by atoms with E-state index >= 15 is 0 Å². The number of benzene rings is 1. The smallest absolute Gasteiger partial charge is 0.341 e. The zero-order valence-corrected chi connectivity index (χ0v) is 15.4. The summed E-state index contributed by atoms with van der Waals surface area (Å²) >= 11 is 7.00. The van der Waals surface area contributed by atoms with Crippen molar-refractivity contribution in [3.05, 3.63) is 45.8 Å². The van der Waals surface area contributed by atoms with Gasteiger partial charge in [-0.1, -0.05) is 19.1 Å². The number of methoxy groups -OCH3 is 1. The highest BCUT2D eigenvalue weighted by Crippen LogP contribution is 2.39. The monoisotopic (exact) mass is 360 g/mol. The first kappa shape index (κ1) is 16.9. The molecule has 1 heterocycles. The number of fused-ring (bicyclic) bond motifs is 1. The number of carbonyl (C=O) groups is 1. The van der Waals surface area contributed by atoms with Gasteiger partial charge >= 0.3 is 5.97 Å². The lowest BCUT2D eigenvalue weighted by Crippen LogP contribution is -2.20. The molecule has 0 saturated carbocycles. The Kier molecular flexibility index (Phi) is 5.16. The number of nitrogens with one attached hydrogen (secondary N) is 2. The highest BCUT2D eigenvalue weighted by molar-refractivity contribution is 7.80. The molecular formula is C18H20N2O2S2. The minimum Gasteiger partial charge on any atom is -0.465 e. The molecule has 6 heteroatoms. The minimum absolute atomic E-state index is 0.299. The fourth-order valence-electron chi connectivity index (χ4n) is 2.90. The molecule has 0 bridgehead atoms. The molecule has 0 unspecified atom stereocenters. The van der Waals surface area contributed by atoms with Gasteiger partial charge in [0.25, 0.3) is 0 Å². The van der Waals surface area contributed by atoms with Gasteiger partial charge in [0.05, 0.1) is 12.7 Å². The number of hydrogen-bond acceptors (Lipinski definition) is 4. The maximum absolute atomic E-state index is 12.1. The standard InChI is InChI=1S/C18H20N2O2S2/c1-3-11-7-9-12(10-8-11)19-18(23)20-16-15(17(21)22-2)13-5-4-6-14(13)24-16/h7-10H,3-6H2,1-2H3,(H2,19,20,23).